The number of hydrogen-bond donors (Lipinski definition) is 1. The van der Waals surface area contributed by atoms with E-state index in [1.54, 1.807) is 4.68 Å². The number of nitrogens with zero attached hydrogens (tertiary/aromatic N) is 4. The van der Waals surface area contributed by atoms with Crippen LogP contribution in [0, 0.1) is 5.92 Å². The van der Waals surface area contributed by atoms with Crippen LogP contribution in [0.15, 0.2) is 6.20 Å². The highest BCUT2D eigenvalue weighted by atomic mass is 16.5. The highest BCUT2D eigenvalue weighted by molar-refractivity contribution is 5.72. The molecule has 8 heteroatoms. The van der Waals surface area contributed by atoms with Gasteiger partial charge in [-0.25, -0.2) is 4.68 Å². The first kappa shape index (κ1) is 18.3. The summed E-state index contributed by atoms with van der Waals surface area (Å²) in [5, 5.41) is 18.3. The van der Waals surface area contributed by atoms with Crippen molar-refractivity contribution in [3.63, 3.8) is 0 Å². The molecule has 1 unspecified atom stereocenters. The molecule has 0 radical (unpaired) electrons. The lowest BCUT2D eigenvalue weighted by Crippen LogP contribution is -2.35. The fourth-order valence-electron chi connectivity index (χ4n) is 3.39. The standard InChI is InChI=1S/C17H28N4O4/c22-16(13-25-17(23)14-4-2-1-3-5-14)12-21-11-15(18-19-21)10-20-6-8-24-9-7-20/h11,14,16,22H,1-10,12-13H2. The average molecular weight is 352 g/mol. The maximum Gasteiger partial charge on any atom is 0.309 e. The largest absolute Gasteiger partial charge is 0.463 e. The van der Waals surface area contributed by atoms with Gasteiger partial charge in [0.1, 0.15) is 12.7 Å². The van der Waals surface area contributed by atoms with E-state index in [0.717, 1.165) is 64.2 Å². The number of ether oxygens (including phenoxy) is 2. The van der Waals surface area contributed by atoms with Gasteiger partial charge in [-0.1, -0.05) is 24.5 Å². The van der Waals surface area contributed by atoms with Crippen LogP contribution in [0.5, 0.6) is 0 Å². The van der Waals surface area contributed by atoms with Crippen LogP contribution in [-0.4, -0.2) is 70.0 Å². The van der Waals surface area contributed by atoms with Crippen molar-refractivity contribution < 1.29 is 19.4 Å². The number of aromatic nitrogens is 3. The predicted octanol–water partition coefficient (Wildman–Crippen LogP) is 0.595. The molecule has 0 spiro atoms. The summed E-state index contributed by atoms with van der Waals surface area (Å²) in [5.74, 6) is -0.169. The molecule has 3 rings (SSSR count). The van der Waals surface area contributed by atoms with E-state index in [2.05, 4.69) is 15.2 Å². The van der Waals surface area contributed by atoms with E-state index in [-0.39, 0.29) is 25.0 Å². The molecule has 1 N–H and O–H groups in total. The van der Waals surface area contributed by atoms with Gasteiger partial charge in [0.15, 0.2) is 0 Å². The zero-order valence-electron chi connectivity index (χ0n) is 14.7. The monoisotopic (exact) mass is 352 g/mol. The summed E-state index contributed by atoms with van der Waals surface area (Å²) >= 11 is 0. The molecule has 25 heavy (non-hydrogen) atoms. The van der Waals surface area contributed by atoms with Crippen LogP contribution < -0.4 is 0 Å². The third-order valence-corrected chi connectivity index (χ3v) is 4.83. The van der Waals surface area contributed by atoms with Crippen molar-refractivity contribution >= 4 is 5.97 Å². The highest BCUT2D eigenvalue weighted by Crippen LogP contribution is 2.24. The number of morpholine rings is 1. The lowest BCUT2D eigenvalue weighted by Gasteiger charge is -2.25. The Labute approximate surface area is 148 Å². The van der Waals surface area contributed by atoms with Crippen molar-refractivity contribution in [3.05, 3.63) is 11.9 Å². The van der Waals surface area contributed by atoms with Gasteiger partial charge in [-0.05, 0) is 12.8 Å². The third-order valence-electron chi connectivity index (χ3n) is 4.83. The number of hydrogen-bond acceptors (Lipinski definition) is 7. The molecule has 2 fully saturated rings. The summed E-state index contributed by atoms with van der Waals surface area (Å²) < 4.78 is 12.2. The molecular weight excluding hydrogens is 324 g/mol. The fourth-order valence-corrected chi connectivity index (χ4v) is 3.39. The van der Waals surface area contributed by atoms with Crippen LogP contribution in [0.2, 0.25) is 0 Å². The van der Waals surface area contributed by atoms with Crippen molar-refractivity contribution in [1.82, 2.24) is 19.9 Å². The maximum absolute atomic E-state index is 12.0. The zero-order chi connectivity index (χ0) is 17.5. The molecule has 1 aliphatic heterocycles. The molecule has 1 atom stereocenters. The van der Waals surface area contributed by atoms with Crippen LogP contribution in [0.3, 0.4) is 0 Å². The number of carbonyl (C=O) groups is 1. The molecule has 8 nitrogen and oxygen atoms in total. The smallest absolute Gasteiger partial charge is 0.309 e. The minimum Gasteiger partial charge on any atom is -0.463 e. The second-order valence-corrected chi connectivity index (χ2v) is 6.94. The third kappa shape index (κ3) is 5.76. The summed E-state index contributed by atoms with van der Waals surface area (Å²) in [5.41, 5.74) is 0.869. The summed E-state index contributed by atoms with van der Waals surface area (Å²) in [6.07, 6.45) is 6.25. The zero-order valence-corrected chi connectivity index (χ0v) is 14.7. The van der Waals surface area contributed by atoms with E-state index in [4.69, 9.17) is 9.47 Å². The van der Waals surface area contributed by atoms with Gasteiger partial charge in [0.2, 0.25) is 0 Å². The second kappa shape index (κ2) is 9.26. The molecule has 0 amide bonds. The molecular formula is C17H28N4O4. The van der Waals surface area contributed by atoms with Crippen LogP contribution in [0.25, 0.3) is 0 Å². The topological polar surface area (TPSA) is 89.7 Å². The molecule has 0 aromatic carbocycles. The molecule has 1 saturated carbocycles. The van der Waals surface area contributed by atoms with E-state index in [0.29, 0.717) is 0 Å². The molecule has 1 aromatic rings. The van der Waals surface area contributed by atoms with E-state index in [9.17, 15) is 9.90 Å². The molecule has 2 aliphatic rings. The van der Waals surface area contributed by atoms with Crippen LogP contribution in [-0.2, 0) is 27.4 Å². The quantitative estimate of drug-likeness (QED) is 0.719. The van der Waals surface area contributed by atoms with E-state index < -0.39 is 6.10 Å². The number of aliphatic hydroxyl groups is 1. The molecule has 1 aliphatic carbocycles. The first-order valence-electron chi connectivity index (χ1n) is 9.24. The molecule has 140 valence electrons. The maximum atomic E-state index is 12.0. The summed E-state index contributed by atoms with van der Waals surface area (Å²) in [6.45, 7) is 4.30. The summed E-state index contributed by atoms with van der Waals surface area (Å²) in [6, 6.07) is 0. The van der Waals surface area contributed by atoms with Gasteiger partial charge in [-0.2, -0.15) is 0 Å². The fraction of sp³-hybridized carbons (Fsp3) is 0.824. The van der Waals surface area contributed by atoms with Crippen molar-refractivity contribution in [2.24, 2.45) is 5.92 Å². The Bertz CT molecular complexity index is 539. The minimum absolute atomic E-state index is 0.00689. The number of esters is 1. The van der Waals surface area contributed by atoms with Gasteiger partial charge in [0.25, 0.3) is 0 Å². The predicted molar refractivity (Wildman–Crippen MR) is 89.7 cm³/mol. The number of aliphatic hydroxyl groups excluding tert-OH is 1. The molecule has 1 saturated heterocycles. The van der Waals surface area contributed by atoms with E-state index in [1.807, 2.05) is 6.20 Å². The first-order chi connectivity index (χ1) is 12.2. The molecule has 1 aromatic heterocycles. The van der Waals surface area contributed by atoms with Gasteiger partial charge in [0.05, 0.1) is 31.4 Å². The number of rotatable bonds is 7. The van der Waals surface area contributed by atoms with Gasteiger partial charge in [0, 0.05) is 25.8 Å². The first-order valence-corrected chi connectivity index (χ1v) is 9.24. The van der Waals surface area contributed by atoms with Crippen molar-refractivity contribution in [2.75, 3.05) is 32.9 Å². The van der Waals surface area contributed by atoms with Crippen LogP contribution in [0.1, 0.15) is 37.8 Å². The Morgan fingerprint density at radius 1 is 1.32 bits per heavy atom. The second-order valence-electron chi connectivity index (χ2n) is 6.94. The molecule has 2 heterocycles. The minimum atomic E-state index is -0.773. The van der Waals surface area contributed by atoms with Crippen molar-refractivity contribution in [3.8, 4) is 0 Å². The van der Waals surface area contributed by atoms with Crippen LogP contribution >= 0.6 is 0 Å². The summed E-state index contributed by atoms with van der Waals surface area (Å²) in [4.78, 5) is 14.3. The lowest BCUT2D eigenvalue weighted by molar-refractivity contribution is -0.152. The molecule has 0 bridgehead atoms. The van der Waals surface area contributed by atoms with Gasteiger partial charge >= 0.3 is 5.97 Å². The Morgan fingerprint density at radius 3 is 2.84 bits per heavy atom. The van der Waals surface area contributed by atoms with Gasteiger partial charge < -0.3 is 14.6 Å². The normalized spacial score (nSPS) is 21.2. The Hall–Kier alpha value is -1.51. The number of carbonyl (C=O) groups excluding carboxylic acids is 1. The SMILES string of the molecule is O=C(OCC(O)Cn1cc(CN2CCOCC2)nn1)C1CCCCC1. The van der Waals surface area contributed by atoms with Gasteiger partial charge in [-0.15, -0.1) is 5.10 Å². The van der Waals surface area contributed by atoms with Crippen molar-refractivity contribution in [2.45, 2.75) is 51.3 Å². The average Bonchev–Trinajstić information content (AvgIpc) is 3.08. The van der Waals surface area contributed by atoms with Crippen LogP contribution in [0.4, 0.5) is 0 Å². The van der Waals surface area contributed by atoms with Gasteiger partial charge in [-0.3, -0.25) is 9.69 Å². The Balaban J connectivity index is 1.38. The Kier molecular flexibility index (Phi) is 6.77. The summed E-state index contributed by atoms with van der Waals surface area (Å²) in [7, 11) is 0. The van der Waals surface area contributed by atoms with E-state index in [1.165, 1.54) is 6.42 Å². The Morgan fingerprint density at radius 2 is 2.08 bits per heavy atom. The van der Waals surface area contributed by atoms with E-state index >= 15 is 0 Å². The highest BCUT2D eigenvalue weighted by Gasteiger charge is 2.23. The lowest BCUT2D eigenvalue weighted by atomic mass is 9.89. The van der Waals surface area contributed by atoms with Crippen molar-refractivity contribution in [1.29, 1.82) is 0 Å².